The number of fused-ring (bicyclic) bond motifs is 4. The van der Waals surface area contributed by atoms with Crippen LogP contribution in [0.4, 0.5) is 4.79 Å². The smallest absolute Gasteiger partial charge is 0.320 e. The number of aryl methyl sites for hydroxylation is 1. The molecule has 8 rings (SSSR count). The normalized spacial score (nSPS) is 26.0. The van der Waals surface area contributed by atoms with Crippen LogP contribution in [-0.2, 0) is 17.7 Å². The van der Waals surface area contributed by atoms with Crippen LogP contribution in [0.15, 0.2) is 30.6 Å². The standard InChI is InChI=1S/C27H31N5O2/c1-16-11-29-26-22(16)9-19(12-30-26)18-7-17-4-6-31(27(33)32-13-20-10-21(14-32)34-20)15-24(17)23(8-18)25-3-2-5-28-25/h7-9,11-12,20-21,25,28H,2-6,10,13-15H2,1H3,(H,29,30)/t20?,21?,25-/m0/s1. The summed E-state index contributed by atoms with van der Waals surface area (Å²) in [6, 6.07) is 7.47. The third kappa shape index (κ3) is 3.33. The van der Waals surface area contributed by atoms with E-state index < -0.39 is 0 Å². The number of nitrogens with zero attached hydrogens (tertiary/aromatic N) is 3. The molecule has 2 amide bonds. The number of pyridine rings is 1. The van der Waals surface area contributed by atoms with E-state index in [1.54, 1.807) is 0 Å². The molecule has 0 saturated carbocycles. The number of piperidine rings is 1. The van der Waals surface area contributed by atoms with Crippen LogP contribution in [0, 0.1) is 6.92 Å². The van der Waals surface area contributed by atoms with Crippen LogP contribution in [0.3, 0.4) is 0 Å². The van der Waals surface area contributed by atoms with Gasteiger partial charge in [0.05, 0.1) is 12.2 Å². The van der Waals surface area contributed by atoms with Gasteiger partial charge in [-0.2, -0.15) is 0 Å². The first-order valence-electron chi connectivity index (χ1n) is 12.6. The van der Waals surface area contributed by atoms with Gasteiger partial charge < -0.3 is 24.8 Å². The van der Waals surface area contributed by atoms with E-state index >= 15 is 0 Å². The molecule has 176 valence electrons. The fraction of sp³-hybridized carbons (Fsp3) is 0.481. The largest absolute Gasteiger partial charge is 0.371 e. The Balaban J connectivity index is 1.24. The molecule has 3 atom stereocenters. The van der Waals surface area contributed by atoms with Crippen LogP contribution in [0.1, 0.15) is 47.6 Å². The zero-order valence-electron chi connectivity index (χ0n) is 19.6. The first kappa shape index (κ1) is 20.5. The number of H-pyrrole nitrogens is 1. The number of hydrogen-bond donors (Lipinski definition) is 2. The number of rotatable bonds is 2. The Bertz CT molecular complexity index is 1260. The van der Waals surface area contributed by atoms with Gasteiger partial charge in [-0.3, -0.25) is 0 Å². The highest BCUT2D eigenvalue weighted by Gasteiger charge is 2.41. The van der Waals surface area contributed by atoms with Crippen molar-refractivity contribution >= 4 is 17.1 Å². The monoisotopic (exact) mass is 457 g/mol. The van der Waals surface area contributed by atoms with Gasteiger partial charge in [0.15, 0.2) is 0 Å². The predicted octanol–water partition coefficient (Wildman–Crippen LogP) is 3.91. The lowest BCUT2D eigenvalue weighted by molar-refractivity contribution is -0.172. The summed E-state index contributed by atoms with van der Waals surface area (Å²) < 4.78 is 5.74. The lowest BCUT2D eigenvalue weighted by Crippen LogP contribution is -2.61. The predicted molar refractivity (Wildman–Crippen MR) is 131 cm³/mol. The van der Waals surface area contributed by atoms with E-state index in [4.69, 9.17) is 4.74 Å². The van der Waals surface area contributed by atoms with Crippen molar-refractivity contribution in [3.63, 3.8) is 0 Å². The molecule has 4 saturated heterocycles. The van der Waals surface area contributed by atoms with Crippen molar-refractivity contribution in [2.24, 2.45) is 0 Å². The number of urea groups is 1. The minimum atomic E-state index is 0.177. The first-order chi connectivity index (χ1) is 16.6. The van der Waals surface area contributed by atoms with Crippen molar-refractivity contribution in [3.05, 3.63) is 52.8 Å². The van der Waals surface area contributed by atoms with Gasteiger partial charge in [-0.1, -0.05) is 6.07 Å². The van der Waals surface area contributed by atoms with E-state index in [0.29, 0.717) is 12.6 Å². The minimum Gasteiger partial charge on any atom is -0.371 e. The Morgan fingerprint density at radius 2 is 2.00 bits per heavy atom. The average molecular weight is 458 g/mol. The highest BCUT2D eigenvalue weighted by Crippen LogP contribution is 2.37. The number of nitrogens with one attached hydrogen (secondary N) is 2. The van der Waals surface area contributed by atoms with E-state index in [1.165, 1.54) is 39.6 Å². The maximum Gasteiger partial charge on any atom is 0.320 e. The van der Waals surface area contributed by atoms with Crippen molar-refractivity contribution in [2.45, 2.75) is 57.4 Å². The Hall–Kier alpha value is -2.90. The Kier molecular flexibility index (Phi) is 4.71. The molecule has 0 spiro atoms. The Morgan fingerprint density at radius 3 is 2.79 bits per heavy atom. The molecule has 7 heterocycles. The molecule has 5 aliphatic heterocycles. The van der Waals surface area contributed by atoms with Gasteiger partial charge in [0.1, 0.15) is 5.65 Å². The molecule has 34 heavy (non-hydrogen) atoms. The molecule has 2 unspecified atom stereocenters. The van der Waals surface area contributed by atoms with E-state index in [-0.39, 0.29) is 18.2 Å². The summed E-state index contributed by atoms with van der Waals surface area (Å²) in [5.41, 5.74) is 8.61. The number of amides is 2. The van der Waals surface area contributed by atoms with Crippen LogP contribution in [0.25, 0.3) is 22.2 Å². The molecule has 7 heteroatoms. The lowest BCUT2D eigenvalue weighted by atomic mass is 9.87. The maximum absolute atomic E-state index is 13.4. The SMILES string of the molecule is Cc1c[nH]c2ncc(-c3cc4c(c([C@@H]5CCCN5)c3)CN(C(=O)N3CC5CC(C3)O5)CC4)cc12. The van der Waals surface area contributed by atoms with Crippen LogP contribution < -0.4 is 5.32 Å². The van der Waals surface area contributed by atoms with Crippen LogP contribution in [0.2, 0.25) is 0 Å². The van der Waals surface area contributed by atoms with Gasteiger partial charge in [0.25, 0.3) is 0 Å². The van der Waals surface area contributed by atoms with Crippen LogP contribution in [-0.4, -0.2) is 64.2 Å². The molecule has 2 bridgehead atoms. The number of morpholine rings is 1. The second kappa shape index (κ2) is 7.82. The van der Waals surface area contributed by atoms with Gasteiger partial charge in [0.2, 0.25) is 0 Å². The van der Waals surface area contributed by atoms with E-state index in [2.05, 4.69) is 45.3 Å². The molecular formula is C27H31N5O2. The second-order valence-electron chi connectivity index (χ2n) is 10.4. The van der Waals surface area contributed by atoms with E-state index in [9.17, 15) is 4.79 Å². The summed E-state index contributed by atoms with van der Waals surface area (Å²) in [6.07, 6.45) is 8.83. The molecule has 2 aromatic heterocycles. The summed E-state index contributed by atoms with van der Waals surface area (Å²) in [5.74, 6) is 0. The number of aromatic amines is 1. The molecule has 0 aliphatic carbocycles. The first-order valence-corrected chi connectivity index (χ1v) is 12.6. The molecule has 7 nitrogen and oxygen atoms in total. The highest BCUT2D eigenvalue weighted by molar-refractivity contribution is 5.84. The fourth-order valence-electron chi connectivity index (χ4n) is 6.29. The van der Waals surface area contributed by atoms with Gasteiger partial charge in [-0.25, -0.2) is 9.78 Å². The third-order valence-corrected chi connectivity index (χ3v) is 8.18. The second-order valence-corrected chi connectivity index (χ2v) is 10.4. The number of aromatic nitrogens is 2. The van der Waals surface area contributed by atoms with Crippen LogP contribution >= 0.6 is 0 Å². The number of carbonyl (C=O) groups is 1. The van der Waals surface area contributed by atoms with Gasteiger partial charge in [-0.15, -0.1) is 0 Å². The molecule has 4 fully saturated rings. The zero-order valence-corrected chi connectivity index (χ0v) is 19.6. The molecule has 2 N–H and O–H groups in total. The number of ether oxygens (including phenoxy) is 1. The summed E-state index contributed by atoms with van der Waals surface area (Å²) in [5, 5.41) is 4.88. The minimum absolute atomic E-state index is 0.177. The molecule has 0 radical (unpaired) electrons. The number of carbonyl (C=O) groups excluding carboxylic acids is 1. The Morgan fingerprint density at radius 1 is 1.15 bits per heavy atom. The third-order valence-electron chi connectivity index (χ3n) is 8.18. The van der Waals surface area contributed by atoms with Crippen molar-refractivity contribution in [2.75, 3.05) is 26.2 Å². The quantitative estimate of drug-likeness (QED) is 0.612. The van der Waals surface area contributed by atoms with Crippen LogP contribution in [0.5, 0.6) is 0 Å². The summed E-state index contributed by atoms with van der Waals surface area (Å²) in [4.78, 5) is 25.3. The van der Waals surface area contributed by atoms with Gasteiger partial charge >= 0.3 is 6.03 Å². The van der Waals surface area contributed by atoms with E-state index in [0.717, 1.165) is 56.7 Å². The Labute approximate surface area is 199 Å². The number of hydrogen-bond acceptors (Lipinski definition) is 4. The number of benzene rings is 1. The van der Waals surface area contributed by atoms with Crippen molar-refractivity contribution < 1.29 is 9.53 Å². The fourth-order valence-corrected chi connectivity index (χ4v) is 6.29. The highest BCUT2D eigenvalue weighted by atomic mass is 16.5. The summed E-state index contributed by atoms with van der Waals surface area (Å²) in [6.45, 7) is 6.12. The molecule has 1 aromatic carbocycles. The van der Waals surface area contributed by atoms with Gasteiger partial charge in [0, 0.05) is 62.0 Å². The van der Waals surface area contributed by atoms with E-state index in [1.807, 2.05) is 17.3 Å². The zero-order chi connectivity index (χ0) is 22.8. The summed E-state index contributed by atoms with van der Waals surface area (Å²) in [7, 11) is 0. The molecular weight excluding hydrogens is 426 g/mol. The van der Waals surface area contributed by atoms with Crippen molar-refractivity contribution in [1.29, 1.82) is 0 Å². The van der Waals surface area contributed by atoms with Gasteiger partial charge in [-0.05, 0) is 72.7 Å². The molecule has 5 aliphatic rings. The topological polar surface area (TPSA) is 73.5 Å². The average Bonchev–Trinajstić information content (AvgIpc) is 3.52. The molecule has 3 aromatic rings. The lowest BCUT2D eigenvalue weighted by Gasteiger charge is -2.48. The van der Waals surface area contributed by atoms with Crippen molar-refractivity contribution in [3.8, 4) is 11.1 Å². The maximum atomic E-state index is 13.4. The van der Waals surface area contributed by atoms with Crippen molar-refractivity contribution in [1.82, 2.24) is 25.1 Å². The summed E-state index contributed by atoms with van der Waals surface area (Å²) >= 11 is 0.